The molecule has 3 rings (SSSR count). The van der Waals surface area contributed by atoms with Gasteiger partial charge in [-0.1, -0.05) is 15.9 Å². The van der Waals surface area contributed by atoms with Crippen LogP contribution in [0.2, 0.25) is 0 Å². The van der Waals surface area contributed by atoms with Crippen LogP contribution in [0.5, 0.6) is 5.75 Å². The summed E-state index contributed by atoms with van der Waals surface area (Å²) < 4.78 is 1.86. The fraction of sp³-hybridized carbons (Fsp3) is 0.118. The molecule has 26 heavy (non-hydrogen) atoms. The second kappa shape index (κ2) is 7.04. The molecule has 2 N–H and O–H groups in total. The SMILES string of the molecule is Cc1cc(C)nc(NC(=O)c2nn(-c3ccc(Br)cc3)c(=O)cc2O)n1. The van der Waals surface area contributed by atoms with Gasteiger partial charge in [0, 0.05) is 21.9 Å². The zero-order valence-electron chi connectivity index (χ0n) is 13.9. The Morgan fingerprint density at radius 2 is 1.73 bits per heavy atom. The monoisotopic (exact) mass is 415 g/mol. The van der Waals surface area contributed by atoms with E-state index in [2.05, 4.69) is 36.3 Å². The van der Waals surface area contributed by atoms with Crippen LogP contribution in [-0.2, 0) is 0 Å². The summed E-state index contributed by atoms with van der Waals surface area (Å²) in [6.45, 7) is 3.54. The molecule has 0 saturated heterocycles. The van der Waals surface area contributed by atoms with Crippen LogP contribution in [0.15, 0.2) is 45.7 Å². The van der Waals surface area contributed by atoms with E-state index in [1.54, 1.807) is 44.2 Å². The van der Waals surface area contributed by atoms with Gasteiger partial charge in [0.15, 0.2) is 11.4 Å². The molecule has 0 spiro atoms. The number of carbonyl (C=O) groups excluding carboxylic acids is 1. The Hall–Kier alpha value is -3.07. The van der Waals surface area contributed by atoms with Crippen molar-refractivity contribution in [3.05, 3.63) is 68.3 Å². The van der Waals surface area contributed by atoms with Crippen LogP contribution < -0.4 is 10.9 Å². The summed E-state index contributed by atoms with van der Waals surface area (Å²) in [5.41, 5.74) is 0.948. The Bertz CT molecular complexity index is 1030. The number of rotatable bonds is 3. The molecule has 132 valence electrons. The van der Waals surface area contributed by atoms with Gasteiger partial charge in [-0.2, -0.15) is 9.78 Å². The molecule has 9 heteroatoms. The summed E-state index contributed by atoms with van der Waals surface area (Å²) in [5.74, 6) is -1.15. The fourth-order valence-electron chi connectivity index (χ4n) is 2.32. The minimum absolute atomic E-state index is 0.0927. The Kier molecular flexibility index (Phi) is 4.81. The summed E-state index contributed by atoms with van der Waals surface area (Å²) in [4.78, 5) is 32.8. The third-order valence-electron chi connectivity index (χ3n) is 3.41. The number of aryl methyl sites for hydroxylation is 2. The van der Waals surface area contributed by atoms with Gasteiger partial charge in [-0.25, -0.2) is 9.97 Å². The second-order valence-electron chi connectivity index (χ2n) is 5.53. The van der Waals surface area contributed by atoms with Crippen molar-refractivity contribution in [1.82, 2.24) is 19.7 Å². The average Bonchev–Trinajstić information content (AvgIpc) is 2.55. The topological polar surface area (TPSA) is 110 Å². The van der Waals surface area contributed by atoms with Crippen molar-refractivity contribution in [3.8, 4) is 11.4 Å². The number of hydrogen-bond donors (Lipinski definition) is 2. The quantitative estimate of drug-likeness (QED) is 0.679. The van der Waals surface area contributed by atoms with Gasteiger partial charge in [0.25, 0.3) is 11.5 Å². The summed E-state index contributed by atoms with van der Waals surface area (Å²) in [7, 11) is 0. The summed E-state index contributed by atoms with van der Waals surface area (Å²) in [5, 5.41) is 16.4. The maximum atomic E-state index is 12.5. The summed E-state index contributed by atoms with van der Waals surface area (Å²) >= 11 is 3.31. The maximum absolute atomic E-state index is 12.5. The molecule has 0 aliphatic rings. The lowest BCUT2D eigenvalue weighted by Gasteiger charge is -2.09. The molecule has 2 aromatic heterocycles. The molecule has 0 aliphatic carbocycles. The van der Waals surface area contributed by atoms with E-state index in [0.717, 1.165) is 15.2 Å². The number of hydrogen-bond acceptors (Lipinski definition) is 6. The van der Waals surface area contributed by atoms with Gasteiger partial charge < -0.3 is 5.11 Å². The highest BCUT2D eigenvalue weighted by molar-refractivity contribution is 9.10. The van der Waals surface area contributed by atoms with E-state index in [1.165, 1.54) is 0 Å². The summed E-state index contributed by atoms with van der Waals surface area (Å²) in [6, 6.07) is 9.48. The second-order valence-corrected chi connectivity index (χ2v) is 6.45. The standard InChI is InChI=1S/C17H14BrN5O3/c1-9-7-10(2)20-17(19-9)21-16(26)15-13(24)8-14(25)23(22-15)12-5-3-11(18)4-6-12/h3-8,24H,1-2H3,(H,19,20,21,26). The molecule has 1 amide bonds. The van der Waals surface area contributed by atoms with E-state index in [-0.39, 0.29) is 11.6 Å². The van der Waals surface area contributed by atoms with Crippen LogP contribution in [0.25, 0.3) is 5.69 Å². The Labute approximate surface area is 156 Å². The normalized spacial score (nSPS) is 10.6. The van der Waals surface area contributed by atoms with Crippen LogP contribution in [0, 0.1) is 13.8 Å². The van der Waals surface area contributed by atoms with Gasteiger partial charge in [-0.15, -0.1) is 0 Å². The van der Waals surface area contributed by atoms with Gasteiger partial charge in [0.1, 0.15) is 0 Å². The number of benzene rings is 1. The van der Waals surface area contributed by atoms with Crippen molar-refractivity contribution < 1.29 is 9.90 Å². The van der Waals surface area contributed by atoms with Crippen LogP contribution in [-0.4, -0.2) is 30.8 Å². The molecule has 0 saturated carbocycles. The first kappa shape index (κ1) is 17.7. The predicted octanol–water partition coefficient (Wildman–Crippen LogP) is 2.36. The first-order valence-corrected chi connectivity index (χ1v) is 8.36. The molecular formula is C17H14BrN5O3. The molecule has 0 bridgehead atoms. The maximum Gasteiger partial charge on any atom is 0.282 e. The van der Waals surface area contributed by atoms with Crippen LogP contribution in [0.1, 0.15) is 21.9 Å². The van der Waals surface area contributed by atoms with E-state index >= 15 is 0 Å². The number of nitrogens with one attached hydrogen (secondary N) is 1. The first-order chi connectivity index (χ1) is 12.3. The minimum atomic E-state index is -0.724. The highest BCUT2D eigenvalue weighted by Crippen LogP contribution is 2.16. The van der Waals surface area contributed by atoms with Crippen LogP contribution >= 0.6 is 15.9 Å². The van der Waals surface area contributed by atoms with E-state index in [4.69, 9.17) is 0 Å². The molecule has 8 nitrogen and oxygen atoms in total. The van der Waals surface area contributed by atoms with Crippen molar-refractivity contribution in [2.75, 3.05) is 5.32 Å². The van der Waals surface area contributed by atoms with Crippen molar-refractivity contribution >= 4 is 27.8 Å². The van der Waals surface area contributed by atoms with Gasteiger partial charge in [0.2, 0.25) is 5.95 Å². The minimum Gasteiger partial charge on any atom is -0.505 e. The molecular weight excluding hydrogens is 402 g/mol. The van der Waals surface area contributed by atoms with Crippen molar-refractivity contribution in [3.63, 3.8) is 0 Å². The first-order valence-electron chi connectivity index (χ1n) is 7.56. The molecule has 2 heterocycles. The molecule has 0 atom stereocenters. The highest BCUT2D eigenvalue weighted by atomic mass is 79.9. The Balaban J connectivity index is 1.99. The molecule has 3 aromatic rings. The lowest BCUT2D eigenvalue weighted by Crippen LogP contribution is -2.25. The molecule has 0 radical (unpaired) electrons. The zero-order valence-corrected chi connectivity index (χ0v) is 15.5. The molecule has 0 unspecified atom stereocenters. The van der Waals surface area contributed by atoms with Crippen molar-refractivity contribution in [1.29, 1.82) is 0 Å². The lowest BCUT2D eigenvalue weighted by atomic mass is 10.3. The van der Waals surface area contributed by atoms with Crippen molar-refractivity contribution in [2.45, 2.75) is 13.8 Å². The third kappa shape index (κ3) is 3.77. The molecule has 0 aliphatic heterocycles. The number of carbonyl (C=O) groups is 1. The van der Waals surface area contributed by atoms with Gasteiger partial charge >= 0.3 is 0 Å². The van der Waals surface area contributed by atoms with Gasteiger partial charge in [0.05, 0.1) is 5.69 Å². The van der Waals surface area contributed by atoms with Crippen molar-refractivity contribution in [2.24, 2.45) is 0 Å². The van der Waals surface area contributed by atoms with E-state index in [0.29, 0.717) is 17.1 Å². The number of aromatic nitrogens is 4. The Morgan fingerprint density at radius 3 is 2.35 bits per heavy atom. The number of amides is 1. The smallest absolute Gasteiger partial charge is 0.282 e. The third-order valence-corrected chi connectivity index (χ3v) is 3.93. The number of halogens is 1. The average molecular weight is 416 g/mol. The lowest BCUT2D eigenvalue weighted by molar-refractivity contribution is 0.101. The summed E-state index contributed by atoms with van der Waals surface area (Å²) in [6.07, 6.45) is 0. The molecule has 1 aromatic carbocycles. The van der Waals surface area contributed by atoms with E-state index < -0.39 is 17.2 Å². The Morgan fingerprint density at radius 1 is 1.12 bits per heavy atom. The highest BCUT2D eigenvalue weighted by Gasteiger charge is 2.18. The van der Waals surface area contributed by atoms with E-state index in [1.807, 2.05) is 0 Å². The number of aromatic hydroxyl groups is 1. The number of nitrogens with zero attached hydrogens (tertiary/aromatic N) is 4. The van der Waals surface area contributed by atoms with Crippen LogP contribution in [0.3, 0.4) is 0 Å². The largest absolute Gasteiger partial charge is 0.505 e. The molecule has 0 fully saturated rings. The van der Waals surface area contributed by atoms with Crippen LogP contribution in [0.4, 0.5) is 5.95 Å². The van der Waals surface area contributed by atoms with Gasteiger partial charge in [-0.3, -0.25) is 14.9 Å². The number of anilines is 1. The van der Waals surface area contributed by atoms with E-state index in [9.17, 15) is 14.7 Å². The fourth-order valence-corrected chi connectivity index (χ4v) is 2.58. The van der Waals surface area contributed by atoms with Gasteiger partial charge in [-0.05, 0) is 44.2 Å². The predicted molar refractivity (Wildman–Crippen MR) is 98.7 cm³/mol. The zero-order chi connectivity index (χ0) is 18.8.